The second kappa shape index (κ2) is 8.08. The zero-order valence-corrected chi connectivity index (χ0v) is 13.0. The van der Waals surface area contributed by atoms with Gasteiger partial charge in [-0.15, -0.1) is 6.58 Å². The van der Waals surface area contributed by atoms with E-state index in [2.05, 4.69) is 32.6 Å². The summed E-state index contributed by atoms with van der Waals surface area (Å²) < 4.78 is 11.5. The Morgan fingerprint density at radius 1 is 1.20 bits per heavy atom. The lowest BCUT2D eigenvalue weighted by Crippen LogP contribution is -2.24. The fourth-order valence-electron chi connectivity index (χ4n) is 2.10. The summed E-state index contributed by atoms with van der Waals surface area (Å²) >= 11 is 0. The van der Waals surface area contributed by atoms with E-state index in [4.69, 9.17) is 14.6 Å². The zero-order chi connectivity index (χ0) is 15.1. The van der Waals surface area contributed by atoms with Crippen LogP contribution < -0.4 is 4.74 Å². The van der Waals surface area contributed by atoms with Crippen LogP contribution in [0.5, 0.6) is 5.75 Å². The standard InChI is InChI=1S/C17H26O3/c1-6-7-16-8-12(2)17(13(3)9-16)20-15(5)11-19-14(4)10-18/h6,8-9,14-15,18H,1,7,10-11H2,2-5H3. The van der Waals surface area contributed by atoms with Crippen LogP contribution in [0.1, 0.15) is 30.5 Å². The van der Waals surface area contributed by atoms with Gasteiger partial charge in [-0.2, -0.15) is 0 Å². The third-order valence-corrected chi connectivity index (χ3v) is 3.09. The van der Waals surface area contributed by atoms with E-state index in [1.165, 1.54) is 5.56 Å². The van der Waals surface area contributed by atoms with Crippen LogP contribution >= 0.6 is 0 Å². The van der Waals surface area contributed by atoms with Gasteiger partial charge in [0.1, 0.15) is 11.9 Å². The molecule has 0 aliphatic heterocycles. The Bertz CT molecular complexity index is 417. The molecule has 0 spiro atoms. The molecule has 0 fully saturated rings. The van der Waals surface area contributed by atoms with Crippen LogP contribution in [0.25, 0.3) is 0 Å². The van der Waals surface area contributed by atoms with E-state index in [0.29, 0.717) is 6.61 Å². The summed E-state index contributed by atoms with van der Waals surface area (Å²) in [6.45, 7) is 12.2. The van der Waals surface area contributed by atoms with E-state index in [9.17, 15) is 0 Å². The Hall–Kier alpha value is -1.32. The normalized spacial score (nSPS) is 13.8. The van der Waals surface area contributed by atoms with Crippen molar-refractivity contribution in [3.8, 4) is 5.75 Å². The molecule has 1 aromatic carbocycles. The van der Waals surface area contributed by atoms with Crippen molar-refractivity contribution >= 4 is 0 Å². The van der Waals surface area contributed by atoms with Gasteiger partial charge in [0.15, 0.2) is 0 Å². The molecular formula is C17H26O3. The maximum atomic E-state index is 8.93. The highest BCUT2D eigenvalue weighted by Crippen LogP contribution is 2.26. The quantitative estimate of drug-likeness (QED) is 0.742. The molecule has 0 amide bonds. The number of aliphatic hydroxyl groups is 1. The number of aryl methyl sites for hydroxylation is 2. The van der Waals surface area contributed by atoms with Crippen LogP contribution in [0.4, 0.5) is 0 Å². The third-order valence-electron chi connectivity index (χ3n) is 3.09. The molecule has 3 nitrogen and oxygen atoms in total. The minimum absolute atomic E-state index is 0.0288. The van der Waals surface area contributed by atoms with Crippen molar-refractivity contribution in [3.63, 3.8) is 0 Å². The molecule has 0 saturated heterocycles. The van der Waals surface area contributed by atoms with Crippen LogP contribution in [-0.4, -0.2) is 30.5 Å². The van der Waals surface area contributed by atoms with Gasteiger partial charge >= 0.3 is 0 Å². The zero-order valence-electron chi connectivity index (χ0n) is 13.0. The van der Waals surface area contributed by atoms with Gasteiger partial charge in [-0.1, -0.05) is 18.2 Å². The smallest absolute Gasteiger partial charge is 0.125 e. The summed E-state index contributed by atoms with van der Waals surface area (Å²) in [5.74, 6) is 0.922. The summed E-state index contributed by atoms with van der Waals surface area (Å²) in [6, 6.07) is 4.27. The van der Waals surface area contributed by atoms with Crippen molar-refractivity contribution in [2.45, 2.75) is 46.3 Å². The van der Waals surface area contributed by atoms with E-state index in [1.807, 2.05) is 19.9 Å². The number of aliphatic hydroxyl groups excluding tert-OH is 1. The van der Waals surface area contributed by atoms with Crippen molar-refractivity contribution in [1.29, 1.82) is 0 Å². The molecule has 0 saturated carbocycles. The average molecular weight is 278 g/mol. The number of hydrogen-bond donors (Lipinski definition) is 1. The summed E-state index contributed by atoms with van der Waals surface area (Å²) in [7, 11) is 0. The predicted molar refractivity (Wildman–Crippen MR) is 82.4 cm³/mol. The lowest BCUT2D eigenvalue weighted by Gasteiger charge is -2.20. The monoisotopic (exact) mass is 278 g/mol. The van der Waals surface area contributed by atoms with Gasteiger partial charge in [0.05, 0.1) is 19.3 Å². The highest BCUT2D eigenvalue weighted by atomic mass is 16.5. The Morgan fingerprint density at radius 3 is 2.30 bits per heavy atom. The predicted octanol–water partition coefficient (Wildman–Crippen LogP) is 3.20. The van der Waals surface area contributed by atoms with E-state index in [0.717, 1.165) is 23.3 Å². The highest BCUT2D eigenvalue weighted by Gasteiger charge is 2.12. The molecule has 0 heterocycles. The molecule has 0 radical (unpaired) electrons. The van der Waals surface area contributed by atoms with Gasteiger partial charge in [-0.3, -0.25) is 0 Å². The lowest BCUT2D eigenvalue weighted by atomic mass is 10.0. The van der Waals surface area contributed by atoms with E-state index in [-0.39, 0.29) is 18.8 Å². The fourth-order valence-corrected chi connectivity index (χ4v) is 2.10. The number of allylic oxidation sites excluding steroid dienone is 1. The van der Waals surface area contributed by atoms with Crippen LogP contribution in [0.2, 0.25) is 0 Å². The van der Waals surface area contributed by atoms with Crippen molar-refractivity contribution in [2.75, 3.05) is 13.2 Å². The maximum Gasteiger partial charge on any atom is 0.125 e. The minimum Gasteiger partial charge on any atom is -0.488 e. The fraction of sp³-hybridized carbons (Fsp3) is 0.529. The molecule has 2 atom stereocenters. The first-order valence-corrected chi connectivity index (χ1v) is 7.08. The molecule has 0 aliphatic carbocycles. The van der Waals surface area contributed by atoms with Gasteiger partial charge in [0, 0.05) is 0 Å². The molecule has 0 aliphatic rings. The number of rotatable bonds is 8. The summed E-state index contributed by atoms with van der Waals surface area (Å²) in [4.78, 5) is 0. The first-order chi connectivity index (χ1) is 9.47. The average Bonchev–Trinajstić information content (AvgIpc) is 2.40. The largest absolute Gasteiger partial charge is 0.488 e. The summed E-state index contributed by atoms with van der Waals surface area (Å²) in [5, 5.41) is 8.93. The third kappa shape index (κ3) is 4.99. The molecule has 20 heavy (non-hydrogen) atoms. The number of hydrogen-bond acceptors (Lipinski definition) is 3. The Morgan fingerprint density at radius 2 is 1.80 bits per heavy atom. The topological polar surface area (TPSA) is 38.7 Å². The van der Waals surface area contributed by atoms with Crippen molar-refractivity contribution in [1.82, 2.24) is 0 Å². The number of ether oxygens (including phenoxy) is 2. The molecule has 0 bridgehead atoms. The van der Waals surface area contributed by atoms with Crippen LogP contribution in [0, 0.1) is 13.8 Å². The molecule has 3 heteroatoms. The Balaban J connectivity index is 2.69. The molecular weight excluding hydrogens is 252 g/mol. The number of benzene rings is 1. The minimum atomic E-state index is -0.154. The van der Waals surface area contributed by atoms with E-state index < -0.39 is 0 Å². The van der Waals surface area contributed by atoms with Gasteiger partial charge in [-0.25, -0.2) is 0 Å². The Kier molecular flexibility index (Phi) is 6.76. The molecule has 1 N–H and O–H groups in total. The van der Waals surface area contributed by atoms with Crippen molar-refractivity contribution < 1.29 is 14.6 Å². The van der Waals surface area contributed by atoms with Crippen LogP contribution in [-0.2, 0) is 11.2 Å². The molecule has 1 rings (SSSR count). The molecule has 112 valence electrons. The van der Waals surface area contributed by atoms with E-state index in [1.54, 1.807) is 0 Å². The van der Waals surface area contributed by atoms with E-state index >= 15 is 0 Å². The first kappa shape index (κ1) is 16.7. The van der Waals surface area contributed by atoms with Gasteiger partial charge < -0.3 is 14.6 Å². The summed E-state index contributed by atoms with van der Waals surface area (Å²) in [5.41, 5.74) is 3.51. The SMILES string of the molecule is C=CCc1cc(C)c(OC(C)COC(C)CO)c(C)c1. The van der Waals surface area contributed by atoms with Gasteiger partial charge in [0.25, 0.3) is 0 Å². The van der Waals surface area contributed by atoms with Gasteiger partial charge in [-0.05, 0) is 50.8 Å². The van der Waals surface area contributed by atoms with Crippen LogP contribution in [0.3, 0.4) is 0 Å². The van der Waals surface area contributed by atoms with Gasteiger partial charge in [0.2, 0.25) is 0 Å². The highest BCUT2D eigenvalue weighted by molar-refractivity contribution is 5.44. The van der Waals surface area contributed by atoms with Crippen molar-refractivity contribution in [2.24, 2.45) is 0 Å². The lowest BCUT2D eigenvalue weighted by molar-refractivity contribution is -0.0112. The second-order valence-electron chi connectivity index (χ2n) is 5.31. The van der Waals surface area contributed by atoms with Crippen molar-refractivity contribution in [3.05, 3.63) is 41.5 Å². The Labute approximate surface area is 122 Å². The maximum absolute atomic E-state index is 8.93. The molecule has 1 aromatic rings. The van der Waals surface area contributed by atoms with Crippen LogP contribution in [0.15, 0.2) is 24.8 Å². The molecule has 0 aromatic heterocycles. The summed E-state index contributed by atoms with van der Waals surface area (Å²) in [6.07, 6.45) is 2.57. The molecule has 2 unspecified atom stereocenters. The second-order valence-corrected chi connectivity index (χ2v) is 5.31. The first-order valence-electron chi connectivity index (χ1n) is 7.08.